The van der Waals surface area contributed by atoms with E-state index in [1.54, 1.807) is 11.4 Å². The summed E-state index contributed by atoms with van der Waals surface area (Å²) in [5.41, 5.74) is -0.404. The van der Waals surface area contributed by atoms with Gasteiger partial charge in [0.1, 0.15) is 4.88 Å². The maximum Gasteiger partial charge on any atom is 0.266 e. The molecule has 2 aromatic rings. The Labute approximate surface area is 113 Å². The fourth-order valence-corrected chi connectivity index (χ4v) is 2.70. The zero-order valence-electron chi connectivity index (χ0n) is 8.64. The Morgan fingerprint density at radius 3 is 2.50 bits per heavy atom. The fraction of sp³-hybridized carbons (Fsp3) is 0. The second-order valence-corrected chi connectivity index (χ2v) is 5.05. The number of anilines is 1. The molecule has 1 amide bonds. The van der Waals surface area contributed by atoms with E-state index in [4.69, 9.17) is 0 Å². The lowest BCUT2D eigenvalue weighted by Gasteiger charge is -2.06. The van der Waals surface area contributed by atoms with Crippen LogP contribution >= 0.6 is 27.3 Å². The average molecular weight is 336 g/mol. The molecule has 0 fully saturated rings. The molecule has 0 aliphatic carbocycles. The first-order valence-electron chi connectivity index (χ1n) is 4.68. The Morgan fingerprint density at radius 1 is 1.17 bits per heavy atom. The second kappa shape index (κ2) is 5.11. The number of amides is 1. The van der Waals surface area contributed by atoms with Gasteiger partial charge in [-0.15, -0.1) is 11.3 Å². The Morgan fingerprint density at radius 2 is 1.89 bits per heavy atom. The molecule has 0 aliphatic rings. The van der Waals surface area contributed by atoms with Gasteiger partial charge in [-0.2, -0.15) is 0 Å². The van der Waals surface area contributed by atoms with Crippen LogP contribution < -0.4 is 5.32 Å². The molecule has 7 heteroatoms. The van der Waals surface area contributed by atoms with Crippen molar-refractivity contribution in [2.75, 3.05) is 5.32 Å². The molecule has 18 heavy (non-hydrogen) atoms. The van der Waals surface area contributed by atoms with Gasteiger partial charge in [0, 0.05) is 4.47 Å². The number of thiophene rings is 1. The van der Waals surface area contributed by atoms with Crippen LogP contribution in [0.15, 0.2) is 28.1 Å². The molecule has 0 radical (unpaired) electrons. The van der Waals surface area contributed by atoms with Crippen molar-refractivity contribution < 1.29 is 18.0 Å². The van der Waals surface area contributed by atoms with Crippen molar-refractivity contribution in [1.29, 1.82) is 0 Å². The van der Waals surface area contributed by atoms with E-state index >= 15 is 0 Å². The predicted octanol–water partition coefficient (Wildman–Crippen LogP) is 4.18. The quantitative estimate of drug-likeness (QED) is 0.819. The van der Waals surface area contributed by atoms with Crippen molar-refractivity contribution in [1.82, 2.24) is 0 Å². The molecule has 2 rings (SSSR count). The standard InChI is InChI=1S/C11H5BrF3NOS/c12-5-3-4-18-10(5)11(17)16-7-2-1-6(13)8(14)9(7)15/h1-4H,(H,16,17). The molecule has 0 aliphatic heterocycles. The third-order valence-electron chi connectivity index (χ3n) is 2.11. The molecule has 1 aromatic carbocycles. The van der Waals surface area contributed by atoms with Gasteiger partial charge in [0.15, 0.2) is 17.5 Å². The maximum atomic E-state index is 13.3. The van der Waals surface area contributed by atoms with Gasteiger partial charge in [-0.05, 0) is 39.5 Å². The van der Waals surface area contributed by atoms with E-state index in [9.17, 15) is 18.0 Å². The Hall–Kier alpha value is -1.34. The highest BCUT2D eigenvalue weighted by atomic mass is 79.9. The molecule has 1 heterocycles. The number of hydrogen-bond donors (Lipinski definition) is 1. The lowest BCUT2D eigenvalue weighted by molar-refractivity contribution is 0.102. The first-order chi connectivity index (χ1) is 8.50. The van der Waals surface area contributed by atoms with E-state index in [-0.39, 0.29) is 0 Å². The predicted molar refractivity (Wildman–Crippen MR) is 66.3 cm³/mol. The van der Waals surface area contributed by atoms with E-state index in [0.717, 1.165) is 23.5 Å². The lowest BCUT2D eigenvalue weighted by atomic mass is 10.2. The van der Waals surface area contributed by atoms with Crippen LogP contribution in [0.4, 0.5) is 18.9 Å². The Bertz CT molecular complexity index is 614. The summed E-state index contributed by atoms with van der Waals surface area (Å²) in [5.74, 6) is -4.93. The molecular formula is C11H5BrF3NOS. The minimum absolute atomic E-state index is 0.319. The maximum absolute atomic E-state index is 13.3. The van der Waals surface area contributed by atoms with Crippen LogP contribution in [0.2, 0.25) is 0 Å². The summed E-state index contributed by atoms with van der Waals surface area (Å²) in [6, 6.07) is 3.37. The number of hydrogen-bond acceptors (Lipinski definition) is 2. The number of carbonyl (C=O) groups is 1. The fourth-order valence-electron chi connectivity index (χ4n) is 1.26. The smallest absolute Gasteiger partial charge is 0.266 e. The van der Waals surface area contributed by atoms with Crippen LogP contribution in [0.1, 0.15) is 9.67 Å². The highest BCUT2D eigenvalue weighted by molar-refractivity contribution is 9.10. The van der Waals surface area contributed by atoms with Crippen LogP contribution in [0.25, 0.3) is 0 Å². The highest BCUT2D eigenvalue weighted by Gasteiger charge is 2.17. The van der Waals surface area contributed by atoms with Crippen LogP contribution in [0.3, 0.4) is 0 Å². The molecule has 1 aromatic heterocycles. The summed E-state index contributed by atoms with van der Waals surface area (Å²) >= 11 is 4.29. The molecule has 2 nitrogen and oxygen atoms in total. The molecule has 0 saturated heterocycles. The number of nitrogens with one attached hydrogen (secondary N) is 1. The number of benzene rings is 1. The number of carbonyl (C=O) groups excluding carboxylic acids is 1. The van der Waals surface area contributed by atoms with Gasteiger partial charge in [-0.1, -0.05) is 0 Å². The Balaban J connectivity index is 2.28. The molecule has 0 spiro atoms. The van der Waals surface area contributed by atoms with Crippen LogP contribution in [-0.4, -0.2) is 5.91 Å². The number of halogens is 4. The normalized spacial score (nSPS) is 10.4. The van der Waals surface area contributed by atoms with Crippen LogP contribution in [0, 0.1) is 17.5 Å². The Kier molecular flexibility index (Phi) is 3.72. The SMILES string of the molecule is O=C(Nc1ccc(F)c(F)c1F)c1sccc1Br. The molecule has 0 unspecified atom stereocenters. The molecule has 0 saturated carbocycles. The van der Waals surface area contributed by atoms with Crippen molar-refractivity contribution in [3.8, 4) is 0 Å². The first kappa shape index (κ1) is 13.1. The zero-order valence-corrected chi connectivity index (χ0v) is 11.0. The van der Waals surface area contributed by atoms with Crippen molar-refractivity contribution >= 4 is 38.9 Å². The number of rotatable bonds is 2. The van der Waals surface area contributed by atoms with Gasteiger partial charge in [-0.3, -0.25) is 4.79 Å². The molecule has 0 atom stereocenters. The largest absolute Gasteiger partial charge is 0.319 e. The van der Waals surface area contributed by atoms with Gasteiger partial charge in [0.25, 0.3) is 5.91 Å². The van der Waals surface area contributed by atoms with Gasteiger partial charge in [-0.25, -0.2) is 13.2 Å². The third-order valence-corrected chi connectivity index (χ3v) is 3.94. The minimum Gasteiger partial charge on any atom is -0.319 e. The van der Waals surface area contributed by atoms with E-state index in [0.29, 0.717) is 9.35 Å². The topological polar surface area (TPSA) is 29.1 Å². The lowest BCUT2D eigenvalue weighted by Crippen LogP contribution is -2.13. The van der Waals surface area contributed by atoms with Crippen molar-refractivity contribution in [2.24, 2.45) is 0 Å². The molecular weight excluding hydrogens is 331 g/mol. The van der Waals surface area contributed by atoms with Gasteiger partial charge < -0.3 is 5.32 Å². The summed E-state index contributed by atoms with van der Waals surface area (Å²) < 4.78 is 39.5. The third kappa shape index (κ3) is 2.41. The second-order valence-electron chi connectivity index (χ2n) is 3.27. The van der Waals surface area contributed by atoms with E-state index < -0.39 is 29.0 Å². The minimum atomic E-state index is -1.61. The van der Waals surface area contributed by atoms with Gasteiger partial charge >= 0.3 is 0 Å². The molecule has 1 N–H and O–H groups in total. The zero-order chi connectivity index (χ0) is 13.3. The summed E-state index contributed by atoms with van der Waals surface area (Å²) in [5, 5.41) is 3.85. The van der Waals surface area contributed by atoms with Crippen molar-refractivity contribution in [2.45, 2.75) is 0 Å². The van der Waals surface area contributed by atoms with Crippen LogP contribution in [-0.2, 0) is 0 Å². The first-order valence-corrected chi connectivity index (χ1v) is 6.36. The van der Waals surface area contributed by atoms with Crippen LogP contribution in [0.5, 0.6) is 0 Å². The van der Waals surface area contributed by atoms with E-state index in [1.807, 2.05) is 0 Å². The van der Waals surface area contributed by atoms with Gasteiger partial charge in [0.2, 0.25) is 0 Å². The van der Waals surface area contributed by atoms with E-state index in [2.05, 4.69) is 21.2 Å². The summed E-state index contributed by atoms with van der Waals surface area (Å²) in [7, 11) is 0. The van der Waals surface area contributed by atoms with E-state index in [1.165, 1.54) is 0 Å². The average Bonchev–Trinajstić information content (AvgIpc) is 2.76. The summed E-state index contributed by atoms with van der Waals surface area (Å²) in [6.07, 6.45) is 0. The summed E-state index contributed by atoms with van der Waals surface area (Å²) in [6.45, 7) is 0. The molecule has 0 bridgehead atoms. The monoisotopic (exact) mass is 335 g/mol. The highest BCUT2D eigenvalue weighted by Crippen LogP contribution is 2.25. The van der Waals surface area contributed by atoms with Crippen molar-refractivity contribution in [3.05, 3.63) is 50.4 Å². The van der Waals surface area contributed by atoms with Crippen molar-refractivity contribution in [3.63, 3.8) is 0 Å². The summed E-state index contributed by atoms with van der Waals surface area (Å²) in [4.78, 5) is 12.0. The van der Waals surface area contributed by atoms with Gasteiger partial charge in [0.05, 0.1) is 5.69 Å². The molecule has 94 valence electrons.